The second kappa shape index (κ2) is 7.70. The van der Waals surface area contributed by atoms with Crippen LogP contribution >= 0.6 is 0 Å². The maximum absolute atomic E-state index is 9.01. The molecule has 0 amide bonds. The summed E-state index contributed by atoms with van der Waals surface area (Å²) in [6.07, 6.45) is 5.02. The molecular weight excluding hydrogens is 290 g/mol. The maximum atomic E-state index is 9.01. The molecular formula is C18H25N3O2. The van der Waals surface area contributed by atoms with E-state index in [1.807, 2.05) is 12.1 Å². The number of aliphatic hydroxyl groups excluding tert-OH is 1. The molecule has 1 aliphatic rings. The van der Waals surface area contributed by atoms with E-state index in [4.69, 9.17) is 9.63 Å². The van der Waals surface area contributed by atoms with E-state index in [-0.39, 0.29) is 6.61 Å². The number of aromatic nitrogens is 2. The van der Waals surface area contributed by atoms with E-state index >= 15 is 0 Å². The van der Waals surface area contributed by atoms with Crippen molar-refractivity contribution in [2.24, 2.45) is 0 Å². The Labute approximate surface area is 137 Å². The van der Waals surface area contributed by atoms with Crippen molar-refractivity contribution in [2.45, 2.75) is 51.6 Å². The molecule has 3 rings (SSSR count). The third-order valence-corrected chi connectivity index (χ3v) is 4.65. The lowest BCUT2D eigenvalue weighted by molar-refractivity contribution is 0.204. The first-order valence-corrected chi connectivity index (χ1v) is 8.47. The zero-order chi connectivity index (χ0) is 16.1. The van der Waals surface area contributed by atoms with Crippen LogP contribution in [-0.4, -0.2) is 39.3 Å². The highest BCUT2D eigenvalue weighted by Crippen LogP contribution is 2.23. The summed E-state index contributed by atoms with van der Waals surface area (Å²) >= 11 is 0. The second-order valence-corrected chi connectivity index (χ2v) is 6.34. The minimum absolute atomic E-state index is 0.271. The summed E-state index contributed by atoms with van der Waals surface area (Å²) in [6, 6.07) is 8.82. The highest BCUT2D eigenvalue weighted by Gasteiger charge is 2.25. The number of benzene rings is 1. The van der Waals surface area contributed by atoms with Crippen LogP contribution in [0.5, 0.6) is 0 Å². The number of hydrogen-bond acceptors (Lipinski definition) is 5. The molecule has 1 fully saturated rings. The van der Waals surface area contributed by atoms with E-state index in [2.05, 4.69) is 34.1 Å². The minimum atomic E-state index is 0.271. The zero-order valence-electron chi connectivity index (χ0n) is 13.7. The minimum Gasteiger partial charge on any atom is -0.396 e. The van der Waals surface area contributed by atoms with Gasteiger partial charge in [-0.2, -0.15) is 4.98 Å². The number of likely N-dealkylation sites (tertiary alicyclic amines) is 1. The van der Waals surface area contributed by atoms with Gasteiger partial charge < -0.3 is 9.63 Å². The Morgan fingerprint density at radius 2 is 2.22 bits per heavy atom. The summed E-state index contributed by atoms with van der Waals surface area (Å²) in [5, 5.41) is 13.2. The highest BCUT2D eigenvalue weighted by molar-refractivity contribution is 5.27. The van der Waals surface area contributed by atoms with Crippen LogP contribution in [-0.2, 0) is 13.0 Å². The summed E-state index contributed by atoms with van der Waals surface area (Å²) in [6.45, 7) is 4.20. The fourth-order valence-electron chi connectivity index (χ4n) is 3.34. The van der Waals surface area contributed by atoms with Crippen molar-refractivity contribution in [1.82, 2.24) is 15.0 Å². The van der Waals surface area contributed by atoms with Crippen molar-refractivity contribution in [1.29, 1.82) is 0 Å². The summed E-state index contributed by atoms with van der Waals surface area (Å²) in [5.74, 6) is 1.45. The Morgan fingerprint density at radius 1 is 1.35 bits per heavy atom. The van der Waals surface area contributed by atoms with Crippen LogP contribution < -0.4 is 0 Å². The van der Waals surface area contributed by atoms with Crippen LogP contribution in [0, 0.1) is 6.92 Å². The highest BCUT2D eigenvalue weighted by atomic mass is 16.5. The molecule has 2 heterocycles. The topological polar surface area (TPSA) is 62.4 Å². The molecule has 0 spiro atoms. The van der Waals surface area contributed by atoms with Crippen molar-refractivity contribution < 1.29 is 9.63 Å². The molecule has 1 unspecified atom stereocenters. The Morgan fingerprint density at radius 3 is 3.04 bits per heavy atom. The summed E-state index contributed by atoms with van der Waals surface area (Å²) in [4.78, 5) is 6.97. The van der Waals surface area contributed by atoms with Crippen molar-refractivity contribution in [3.05, 3.63) is 47.1 Å². The van der Waals surface area contributed by atoms with Gasteiger partial charge in [0.1, 0.15) is 0 Å². The summed E-state index contributed by atoms with van der Waals surface area (Å²) < 4.78 is 5.42. The maximum Gasteiger partial charge on any atom is 0.231 e. The molecule has 5 nitrogen and oxygen atoms in total. The van der Waals surface area contributed by atoms with Gasteiger partial charge in [-0.25, -0.2) is 0 Å². The average Bonchev–Trinajstić information content (AvgIpc) is 3.18. The van der Waals surface area contributed by atoms with Crippen molar-refractivity contribution >= 4 is 0 Å². The number of hydrogen-bond donors (Lipinski definition) is 1. The van der Waals surface area contributed by atoms with Gasteiger partial charge in [0.15, 0.2) is 5.82 Å². The monoisotopic (exact) mass is 315 g/mol. The van der Waals surface area contributed by atoms with E-state index in [1.165, 1.54) is 24.0 Å². The molecule has 1 saturated heterocycles. The molecule has 23 heavy (non-hydrogen) atoms. The molecule has 0 aliphatic carbocycles. The largest absolute Gasteiger partial charge is 0.396 e. The van der Waals surface area contributed by atoms with Gasteiger partial charge in [0.05, 0.1) is 13.0 Å². The smallest absolute Gasteiger partial charge is 0.231 e. The lowest BCUT2D eigenvalue weighted by Crippen LogP contribution is -2.29. The van der Waals surface area contributed by atoms with Crippen LogP contribution in [0.15, 0.2) is 28.8 Å². The Hall–Kier alpha value is -1.72. The molecule has 2 aromatic rings. The number of aryl methyl sites for hydroxylation is 1. The Bertz CT molecular complexity index is 626. The molecule has 1 aliphatic heterocycles. The molecule has 0 bridgehead atoms. The van der Waals surface area contributed by atoms with Gasteiger partial charge in [-0.3, -0.25) is 4.90 Å². The van der Waals surface area contributed by atoms with Crippen molar-refractivity contribution in [3.8, 4) is 0 Å². The van der Waals surface area contributed by atoms with E-state index in [0.29, 0.717) is 18.4 Å². The van der Waals surface area contributed by atoms with Crippen LogP contribution in [0.4, 0.5) is 0 Å². The predicted octanol–water partition coefficient (Wildman–Crippen LogP) is 2.71. The first-order chi connectivity index (χ1) is 11.3. The summed E-state index contributed by atoms with van der Waals surface area (Å²) in [5.41, 5.74) is 2.47. The Balaban J connectivity index is 1.60. The first-order valence-electron chi connectivity index (χ1n) is 8.47. The molecule has 0 radical (unpaired) electrons. The third kappa shape index (κ3) is 4.18. The molecule has 5 heteroatoms. The molecule has 1 aromatic carbocycles. The SMILES string of the molecule is Cc1ccccc1Cc1nc(CN2CCCC2CCCO)no1. The molecule has 1 atom stereocenters. The fourth-order valence-corrected chi connectivity index (χ4v) is 3.34. The van der Waals surface area contributed by atoms with E-state index in [0.717, 1.165) is 31.8 Å². The van der Waals surface area contributed by atoms with E-state index in [1.54, 1.807) is 0 Å². The molecule has 1 aromatic heterocycles. The quantitative estimate of drug-likeness (QED) is 0.851. The fraction of sp³-hybridized carbons (Fsp3) is 0.556. The first kappa shape index (κ1) is 16.1. The average molecular weight is 315 g/mol. The zero-order valence-corrected chi connectivity index (χ0v) is 13.7. The van der Waals surface area contributed by atoms with Gasteiger partial charge in [0.25, 0.3) is 0 Å². The van der Waals surface area contributed by atoms with Crippen molar-refractivity contribution in [2.75, 3.05) is 13.2 Å². The lowest BCUT2D eigenvalue weighted by Gasteiger charge is -2.22. The molecule has 124 valence electrons. The lowest BCUT2D eigenvalue weighted by atomic mass is 10.1. The van der Waals surface area contributed by atoms with Gasteiger partial charge in [-0.05, 0) is 50.3 Å². The van der Waals surface area contributed by atoms with Crippen LogP contribution in [0.25, 0.3) is 0 Å². The normalized spacial score (nSPS) is 18.6. The van der Waals surface area contributed by atoms with Gasteiger partial charge >= 0.3 is 0 Å². The second-order valence-electron chi connectivity index (χ2n) is 6.34. The van der Waals surface area contributed by atoms with Gasteiger partial charge in [0.2, 0.25) is 5.89 Å². The predicted molar refractivity (Wildman–Crippen MR) is 88.0 cm³/mol. The third-order valence-electron chi connectivity index (χ3n) is 4.65. The van der Waals surface area contributed by atoms with Gasteiger partial charge in [-0.15, -0.1) is 0 Å². The molecule has 1 N–H and O–H groups in total. The Kier molecular flexibility index (Phi) is 5.41. The van der Waals surface area contributed by atoms with Crippen LogP contribution in [0.2, 0.25) is 0 Å². The van der Waals surface area contributed by atoms with Crippen molar-refractivity contribution in [3.63, 3.8) is 0 Å². The van der Waals surface area contributed by atoms with Gasteiger partial charge in [-0.1, -0.05) is 29.4 Å². The standard InChI is InChI=1S/C18H25N3O2/c1-14-6-2-3-7-15(14)12-18-19-17(20-23-18)13-21-10-4-8-16(21)9-5-11-22/h2-3,6-7,16,22H,4-5,8-13H2,1H3. The van der Waals surface area contributed by atoms with Gasteiger partial charge in [0, 0.05) is 12.6 Å². The number of aliphatic hydroxyl groups is 1. The van der Waals surface area contributed by atoms with E-state index in [9.17, 15) is 0 Å². The number of rotatable bonds is 7. The van der Waals surface area contributed by atoms with Crippen LogP contribution in [0.3, 0.4) is 0 Å². The summed E-state index contributed by atoms with van der Waals surface area (Å²) in [7, 11) is 0. The van der Waals surface area contributed by atoms with E-state index < -0.39 is 0 Å². The number of nitrogens with zero attached hydrogens (tertiary/aromatic N) is 3. The molecule has 0 saturated carbocycles. The van der Waals surface area contributed by atoms with Crippen LogP contribution in [0.1, 0.15) is 48.5 Å².